The minimum atomic E-state index is -5.21. The predicted octanol–water partition coefficient (Wildman–Crippen LogP) is 6.15. The number of aryl methyl sites for hydroxylation is 2. The average Bonchev–Trinajstić information content (AvgIpc) is 2.81. The minimum Gasteiger partial charge on any atom is -0.508 e. The molecule has 41 heavy (non-hydrogen) atoms. The Morgan fingerprint density at radius 2 is 1.32 bits per heavy atom. The Morgan fingerprint density at radius 1 is 0.854 bits per heavy atom. The molecule has 2 rings (SSSR count). The number of rotatable bonds is 10. The quantitative estimate of drug-likeness (QED) is 0.219. The molecule has 2 aromatic rings. The van der Waals surface area contributed by atoms with Gasteiger partial charge in [0.15, 0.2) is 0 Å². The molecule has 0 fully saturated rings. The summed E-state index contributed by atoms with van der Waals surface area (Å²) in [5.74, 6) is -0.876. The Hall–Kier alpha value is -2.87. The van der Waals surface area contributed by atoms with Gasteiger partial charge in [-0.05, 0) is 114 Å². The number of ether oxygens (including phenoxy) is 3. The summed E-state index contributed by atoms with van der Waals surface area (Å²) in [5.41, 5.74) is 2.55. The summed E-state index contributed by atoms with van der Waals surface area (Å²) in [6.45, 7) is 15.7. The van der Waals surface area contributed by atoms with E-state index >= 15 is 0 Å². The molecule has 3 N–H and O–H groups in total. The second kappa shape index (κ2) is 12.6. The summed E-state index contributed by atoms with van der Waals surface area (Å²) < 4.78 is 29.6. The molecule has 2 aromatic carbocycles. The molecule has 0 saturated heterocycles. The number of benzene rings is 2. The van der Waals surface area contributed by atoms with Crippen LogP contribution in [-0.2, 0) is 30.0 Å². The number of phenolic OH excluding ortho intramolecular Hbond substituents is 1. The molecular formula is C31H45O9P. The molecule has 0 amide bonds. The highest BCUT2D eigenvalue weighted by molar-refractivity contribution is 7.53. The van der Waals surface area contributed by atoms with E-state index < -0.39 is 48.9 Å². The van der Waals surface area contributed by atoms with E-state index in [1.807, 2.05) is 39.8 Å². The maximum absolute atomic E-state index is 12.9. The lowest BCUT2D eigenvalue weighted by atomic mass is 9.93. The summed E-state index contributed by atoms with van der Waals surface area (Å²) in [5, 5.41) is 7.72. The van der Waals surface area contributed by atoms with Crippen LogP contribution in [0.3, 0.4) is 0 Å². The second-order valence-corrected chi connectivity index (χ2v) is 14.9. The molecule has 0 aliphatic carbocycles. The Bertz CT molecular complexity index is 1260. The number of carbonyl (C=O) groups is 2. The van der Waals surface area contributed by atoms with Crippen molar-refractivity contribution < 1.29 is 43.3 Å². The van der Waals surface area contributed by atoms with Crippen molar-refractivity contribution in [2.75, 3.05) is 13.2 Å². The van der Waals surface area contributed by atoms with E-state index in [2.05, 4.69) is 0 Å². The standard InChI is InChI=1S/C31H45O9P/c1-19(2)24-15-22(11-12-26(24)32)16-25-20(3)13-23(14-21(25)4)40-31(41(35,36)37,17-38-27(33)29(5,6)7)18-39-28(34)30(8,9)10/h11-15,19,32H,16-18H2,1-10H3,(H2,35,36,37). The lowest BCUT2D eigenvalue weighted by Crippen LogP contribution is -2.48. The van der Waals surface area contributed by atoms with Gasteiger partial charge < -0.3 is 29.1 Å². The fourth-order valence-electron chi connectivity index (χ4n) is 4.01. The number of hydrogen-bond donors (Lipinski definition) is 3. The SMILES string of the molecule is Cc1cc(OC(COC(=O)C(C)(C)C)(COC(=O)C(C)(C)C)P(=O)(O)O)cc(C)c1Cc1ccc(O)c(C(C)C)c1. The van der Waals surface area contributed by atoms with Gasteiger partial charge in [0, 0.05) is 0 Å². The topological polar surface area (TPSA) is 140 Å². The average molecular weight is 593 g/mol. The van der Waals surface area contributed by atoms with Gasteiger partial charge in [0.2, 0.25) is 0 Å². The molecule has 0 bridgehead atoms. The lowest BCUT2D eigenvalue weighted by molar-refractivity contribution is -0.164. The van der Waals surface area contributed by atoms with Crippen molar-refractivity contribution >= 4 is 19.5 Å². The van der Waals surface area contributed by atoms with E-state index in [0.717, 1.165) is 27.8 Å². The van der Waals surface area contributed by atoms with Gasteiger partial charge in [0.25, 0.3) is 5.34 Å². The van der Waals surface area contributed by atoms with Crippen LogP contribution < -0.4 is 4.74 Å². The van der Waals surface area contributed by atoms with Gasteiger partial charge in [-0.3, -0.25) is 14.2 Å². The highest BCUT2D eigenvalue weighted by Crippen LogP contribution is 2.52. The molecule has 228 valence electrons. The third kappa shape index (κ3) is 8.81. The summed E-state index contributed by atoms with van der Waals surface area (Å²) in [4.78, 5) is 46.1. The van der Waals surface area contributed by atoms with Crippen LogP contribution in [0.4, 0.5) is 0 Å². The third-order valence-corrected chi connectivity index (χ3v) is 8.10. The Morgan fingerprint density at radius 3 is 1.71 bits per heavy atom. The largest absolute Gasteiger partial charge is 0.508 e. The number of aromatic hydroxyl groups is 1. The van der Waals surface area contributed by atoms with Crippen molar-refractivity contribution in [2.45, 2.75) is 86.9 Å². The molecule has 0 aromatic heterocycles. The monoisotopic (exact) mass is 592 g/mol. The van der Waals surface area contributed by atoms with Crippen LogP contribution in [0.2, 0.25) is 0 Å². The Kier molecular flexibility index (Phi) is 10.5. The van der Waals surface area contributed by atoms with Crippen LogP contribution in [-0.4, -0.2) is 45.4 Å². The molecule has 0 heterocycles. The first-order valence-corrected chi connectivity index (χ1v) is 15.2. The first-order valence-electron chi connectivity index (χ1n) is 13.6. The van der Waals surface area contributed by atoms with Crippen LogP contribution in [0.15, 0.2) is 30.3 Å². The van der Waals surface area contributed by atoms with Gasteiger partial charge in [-0.2, -0.15) is 0 Å². The van der Waals surface area contributed by atoms with Gasteiger partial charge >= 0.3 is 19.5 Å². The predicted molar refractivity (Wildman–Crippen MR) is 157 cm³/mol. The highest BCUT2D eigenvalue weighted by Gasteiger charge is 2.53. The molecule has 0 spiro atoms. The van der Waals surface area contributed by atoms with Crippen LogP contribution in [0.25, 0.3) is 0 Å². The molecule has 0 aliphatic rings. The van der Waals surface area contributed by atoms with Crippen molar-refractivity contribution in [3.8, 4) is 11.5 Å². The zero-order valence-corrected chi connectivity index (χ0v) is 26.7. The van der Waals surface area contributed by atoms with Crippen molar-refractivity contribution in [1.82, 2.24) is 0 Å². The van der Waals surface area contributed by atoms with Gasteiger partial charge in [0.05, 0.1) is 10.8 Å². The van der Waals surface area contributed by atoms with E-state index in [4.69, 9.17) is 14.2 Å². The van der Waals surface area contributed by atoms with E-state index in [-0.39, 0.29) is 17.4 Å². The van der Waals surface area contributed by atoms with E-state index in [1.54, 1.807) is 59.7 Å². The Balaban J connectivity index is 2.50. The summed E-state index contributed by atoms with van der Waals surface area (Å²) in [7, 11) is -5.21. The fraction of sp³-hybridized carbons (Fsp3) is 0.548. The maximum Gasteiger partial charge on any atom is 0.376 e. The molecule has 0 aliphatic heterocycles. The molecular weight excluding hydrogens is 547 g/mol. The summed E-state index contributed by atoms with van der Waals surface area (Å²) >= 11 is 0. The molecule has 10 heteroatoms. The number of carbonyl (C=O) groups excluding carboxylic acids is 2. The second-order valence-electron chi connectivity index (χ2n) is 13.0. The minimum absolute atomic E-state index is 0.124. The smallest absolute Gasteiger partial charge is 0.376 e. The van der Waals surface area contributed by atoms with Gasteiger partial charge in [-0.1, -0.05) is 26.0 Å². The van der Waals surface area contributed by atoms with Crippen molar-refractivity contribution in [3.05, 3.63) is 58.1 Å². The van der Waals surface area contributed by atoms with Gasteiger partial charge in [-0.25, -0.2) is 0 Å². The number of esters is 2. The van der Waals surface area contributed by atoms with Gasteiger partial charge in [0.1, 0.15) is 24.7 Å². The van der Waals surface area contributed by atoms with Crippen LogP contribution in [0.1, 0.15) is 89.1 Å². The Labute approximate surface area is 243 Å². The van der Waals surface area contributed by atoms with Crippen molar-refractivity contribution in [1.29, 1.82) is 0 Å². The first-order chi connectivity index (χ1) is 18.6. The molecule has 0 unspecified atom stereocenters. The molecule has 0 atom stereocenters. The lowest BCUT2D eigenvalue weighted by Gasteiger charge is -2.35. The fourth-order valence-corrected chi connectivity index (χ4v) is 4.70. The highest BCUT2D eigenvalue weighted by atomic mass is 31.2. The van der Waals surface area contributed by atoms with Crippen molar-refractivity contribution in [2.24, 2.45) is 10.8 Å². The summed E-state index contributed by atoms with van der Waals surface area (Å²) in [6.07, 6.45) is 0.563. The van der Waals surface area contributed by atoms with E-state index in [1.165, 1.54) is 0 Å². The van der Waals surface area contributed by atoms with Crippen molar-refractivity contribution in [3.63, 3.8) is 0 Å². The zero-order chi connectivity index (χ0) is 31.6. The van der Waals surface area contributed by atoms with E-state index in [9.17, 15) is 29.0 Å². The number of hydrogen-bond acceptors (Lipinski definition) is 7. The summed E-state index contributed by atoms with van der Waals surface area (Å²) in [6, 6.07) is 8.80. The first kappa shape index (κ1) is 34.3. The van der Waals surface area contributed by atoms with Crippen LogP contribution >= 0.6 is 7.60 Å². The third-order valence-electron chi connectivity index (χ3n) is 6.69. The molecule has 0 radical (unpaired) electrons. The van der Waals surface area contributed by atoms with Crippen LogP contribution in [0.5, 0.6) is 11.5 Å². The normalized spacial score (nSPS) is 12.8. The molecule has 9 nitrogen and oxygen atoms in total. The van der Waals surface area contributed by atoms with Gasteiger partial charge in [-0.15, -0.1) is 0 Å². The number of phenols is 1. The zero-order valence-electron chi connectivity index (χ0n) is 25.8. The molecule has 0 saturated carbocycles. The maximum atomic E-state index is 12.9. The van der Waals surface area contributed by atoms with Crippen LogP contribution in [0, 0.1) is 24.7 Å². The van der Waals surface area contributed by atoms with E-state index in [0.29, 0.717) is 6.42 Å².